The van der Waals surface area contributed by atoms with Gasteiger partial charge in [-0.3, -0.25) is 4.72 Å². The van der Waals surface area contributed by atoms with Crippen LogP contribution in [0.4, 0.5) is 25.8 Å². The largest absolute Gasteiger partial charge is 0.416 e. The lowest BCUT2D eigenvalue weighted by Crippen LogP contribution is -2.51. The molecule has 0 bridgehead atoms. The Bertz CT molecular complexity index is 1180. The van der Waals surface area contributed by atoms with Crippen LogP contribution in [0.5, 0.6) is 0 Å². The molecule has 0 saturated carbocycles. The summed E-state index contributed by atoms with van der Waals surface area (Å²) in [5, 5.41) is 3.05. The maximum Gasteiger partial charge on any atom is 0.302 e. The quantitative estimate of drug-likeness (QED) is 0.251. The molecule has 0 spiro atoms. The van der Waals surface area contributed by atoms with Crippen LogP contribution in [0, 0.1) is 20.6 Å². The molecular weight excluding hydrogens is 627 g/mol. The van der Waals surface area contributed by atoms with E-state index in [2.05, 4.69) is 45.7 Å². The molecule has 0 aromatic heterocycles. The Morgan fingerprint density at radius 3 is 2.46 bits per heavy atom. The summed E-state index contributed by atoms with van der Waals surface area (Å²) in [6.45, 7) is 10.5. The highest BCUT2D eigenvalue weighted by Crippen LogP contribution is 2.38. The van der Waals surface area contributed by atoms with Gasteiger partial charge in [0.2, 0.25) is 0 Å². The third-order valence-electron chi connectivity index (χ3n) is 5.70. The molecule has 2 aromatic carbocycles. The van der Waals surface area contributed by atoms with Crippen LogP contribution in [0.3, 0.4) is 0 Å². The zero-order chi connectivity index (χ0) is 26.1. The van der Waals surface area contributed by atoms with Gasteiger partial charge in [-0.1, -0.05) is 32.4 Å². The maximum absolute atomic E-state index is 14.9. The van der Waals surface area contributed by atoms with Crippen molar-refractivity contribution in [1.82, 2.24) is 4.31 Å². The lowest BCUT2D eigenvalue weighted by Gasteiger charge is -2.40. The van der Waals surface area contributed by atoms with Crippen molar-refractivity contribution in [3.05, 3.63) is 50.6 Å². The van der Waals surface area contributed by atoms with Crippen LogP contribution in [-0.4, -0.2) is 40.5 Å². The van der Waals surface area contributed by atoms with Crippen molar-refractivity contribution in [2.45, 2.75) is 58.9 Å². The fraction of sp³-hybridized carbons (Fsp3) is 0.478. The van der Waals surface area contributed by atoms with Crippen LogP contribution in [0.25, 0.3) is 0 Å². The summed E-state index contributed by atoms with van der Waals surface area (Å²) < 4.78 is 67.1. The summed E-state index contributed by atoms with van der Waals surface area (Å²) in [5.41, 5.74) is -0.420. The monoisotopic (exact) mass is 657 g/mol. The fourth-order valence-corrected chi connectivity index (χ4v) is 7.80. The summed E-state index contributed by atoms with van der Waals surface area (Å²) in [6.07, 6.45) is 1.05. The zero-order valence-electron chi connectivity index (χ0n) is 20.3. The van der Waals surface area contributed by atoms with Crippen molar-refractivity contribution < 1.29 is 21.6 Å². The first-order valence-corrected chi connectivity index (χ1v) is 17.0. The first kappa shape index (κ1) is 28.6. The van der Waals surface area contributed by atoms with E-state index in [0.29, 0.717) is 25.1 Å². The first-order chi connectivity index (χ1) is 16.2. The molecule has 1 fully saturated rings. The van der Waals surface area contributed by atoms with Gasteiger partial charge >= 0.3 is 10.2 Å². The number of nitrogens with one attached hydrogen (secondary N) is 2. The van der Waals surface area contributed by atoms with E-state index < -0.39 is 30.9 Å². The van der Waals surface area contributed by atoms with E-state index in [-0.39, 0.29) is 34.0 Å². The van der Waals surface area contributed by atoms with E-state index in [1.54, 1.807) is 18.2 Å². The lowest BCUT2D eigenvalue weighted by atomic mass is 9.84. The van der Waals surface area contributed by atoms with Crippen molar-refractivity contribution in [1.29, 1.82) is 0 Å². The molecule has 1 heterocycles. The van der Waals surface area contributed by atoms with Crippen molar-refractivity contribution in [2.24, 2.45) is 5.41 Å². The first-order valence-electron chi connectivity index (χ1n) is 11.4. The van der Waals surface area contributed by atoms with E-state index in [9.17, 15) is 17.2 Å². The third-order valence-corrected chi connectivity index (χ3v) is 9.07. The number of rotatable bonds is 8. The Balaban J connectivity index is 1.96. The molecule has 2 aromatic rings. The van der Waals surface area contributed by atoms with Crippen LogP contribution in [-0.2, 0) is 14.6 Å². The Morgan fingerprint density at radius 1 is 1.20 bits per heavy atom. The van der Waals surface area contributed by atoms with Gasteiger partial charge in [0.15, 0.2) is 20.7 Å². The summed E-state index contributed by atoms with van der Waals surface area (Å²) in [5.74, 6) is -2.32. The van der Waals surface area contributed by atoms with Gasteiger partial charge in [0.05, 0.1) is 28.5 Å². The van der Waals surface area contributed by atoms with Gasteiger partial charge in [-0.05, 0) is 84.3 Å². The topological polar surface area (TPSA) is 70.7 Å². The standard InChI is InChI=1S/C23H31ClF2IN3O3SSi/c1-23(2,3)22(33-35(4)5)19-7-6-12-30(19)34(31,32)29-18-11-9-16(25)20(26)21(18)28-17-10-8-14(27)13-15(17)24/h8-11,13,19,22,28-29,35H,6-7,12H2,1-5H3/t19-,22?/m0/s1. The summed E-state index contributed by atoms with van der Waals surface area (Å²) in [4.78, 5) is 0. The SMILES string of the molecule is C[SiH](C)OC([C@@H]1CCCN1S(=O)(=O)Nc1ccc(F)c(F)c1Nc1ccc(I)cc1Cl)C(C)(C)C. The minimum atomic E-state index is -4.11. The molecule has 1 unspecified atom stereocenters. The van der Waals surface area contributed by atoms with Gasteiger partial charge in [0.25, 0.3) is 0 Å². The normalized spacial score (nSPS) is 18.2. The number of hydrogen-bond donors (Lipinski definition) is 2. The fourth-order valence-electron chi connectivity index (χ4n) is 4.21. The molecule has 0 radical (unpaired) electrons. The lowest BCUT2D eigenvalue weighted by molar-refractivity contribution is 0.0361. The highest BCUT2D eigenvalue weighted by Gasteiger charge is 2.44. The van der Waals surface area contributed by atoms with E-state index in [0.717, 1.165) is 9.64 Å². The van der Waals surface area contributed by atoms with Crippen LogP contribution >= 0.6 is 34.2 Å². The van der Waals surface area contributed by atoms with E-state index in [1.807, 2.05) is 20.8 Å². The number of nitrogens with zero attached hydrogens (tertiary/aromatic N) is 1. The van der Waals surface area contributed by atoms with E-state index >= 15 is 0 Å². The molecule has 3 rings (SSSR count). The molecule has 0 amide bonds. The molecule has 1 aliphatic rings. The number of halogens is 4. The molecule has 0 aliphatic carbocycles. The van der Waals surface area contributed by atoms with Crippen LogP contribution in [0.2, 0.25) is 18.1 Å². The second-order valence-corrected chi connectivity index (χ2v) is 15.6. The van der Waals surface area contributed by atoms with Gasteiger partial charge in [-0.15, -0.1) is 0 Å². The summed E-state index contributed by atoms with van der Waals surface area (Å²) >= 11 is 8.34. The van der Waals surface area contributed by atoms with Crippen molar-refractivity contribution in [3.63, 3.8) is 0 Å². The predicted octanol–water partition coefficient (Wildman–Crippen LogP) is 6.50. The van der Waals surface area contributed by atoms with Crippen molar-refractivity contribution >= 4 is 70.5 Å². The van der Waals surface area contributed by atoms with E-state index in [1.165, 1.54) is 10.4 Å². The van der Waals surface area contributed by atoms with E-state index in [4.69, 9.17) is 16.0 Å². The average molecular weight is 658 g/mol. The summed E-state index contributed by atoms with van der Waals surface area (Å²) in [7, 11) is -5.57. The van der Waals surface area contributed by atoms with Crippen LogP contribution in [0.1, 0.15) is 33.6 Å². The predicted molar refractivity (Wildman–Crippen MR) is 149 cm³/mol. The Kier molecular flexibility index (Phi) is 9.12. The number of benzene rings is 2. The molecular formula is C23H31ClF2IN3O3SSi. The Hall–Kier alpha value is -0.993. The molecule has 1 saturated heterocycles. The molecule has 1 aliphatic heterocycles. The average Bonchev–Trinajstić information content (AvgIpc) is 3.22. The van der Waals surface area contributed by atoms with Crippen LogP contribution < -0.4 is 10.0 Å². The molecule has 35 heavy (non-hydrogen) atoms. The van der Waals surface area contributed by atoms with Crippen LogP contribution in [0.15, 0.2) is 30.3 Å². The third kappa shape index (κ3) is 6.86. The highest BCUT2D eigenvalue weighted by atomic mass is 127. The minimum Gasteiger partial charge on any atom is -0.416 e. The number of anilines is 3. The molecule has 6 nitrogen and oxygen atoms in total. The number of hydrogen-bond acceptors (Lipinski definition) is 4. The Morgan fingerprint density at radius 2 is 1.86 bits per heavy atom. The van der Waals surface area contributed by atoms with Crippen molar-refractivity contribution in [2.75, 3.05) is 16.6 Å². The maximum atomic E-state index is 14.9. The van der Waals surface area contributed by atoms with Gasteiger partial charge in [0, 0.05) is 10.1 Å². The molecule has 2 N–H and O–H groups in total. The second-order valence-electron chi connectivity index (χ2n) is 9.93. The smallest absolute Gasteiger partial charge is 0.302 e. The molecule has 2 atom stereocenters. The highest BCUT2D eigenvalue weighted by molar-refractivity contribution is 14.1. The molecule has 194 valence electrons. The van der Waals surface area contributed by atoms with Gasteiger partial charge < -0.3 is 9.74 Å². The molecule has 12 heteroatoms. The van der Waals surface area contributed by atoms with Gasteiger partial charge in [-0.2, -0.15) is 12.7 Å². The van der Waals surface area contributed by atoms with Gasteiger partial charge in [-0.25, -0.2) is 8.78 Å². The van der Waals surface area contributed by atoms with Crippen molar-refractivity contribution in [3.8, 4) is 0 Å². The summed E-state index contributed by atoms with van der Waals surface area (Å²) in [6, 6.07) is 6.74. The minimum absolute atomic E-state index is 0.115. The van der Waals surface area contributed by atoms with Gasteiger partial charge in [0.1, 0.15) is 5.69 Å². The second kappa shape index (κ2) is 11.2. The zero-order valence-corrected chi connectivity index (χ0v) is 25.2. The Labute approximate surface area is 226 Å².